The van der Waals surface area contributed by atoms with Crippen LogP contribution >= 0.6 is 0 Å². The first-order chi connectivity index (χ1) is 19.3. The summed E-state index contributed by atoms with van der Waals surface area (Å²) in [7, 11) is 0. The SMILES string of the molecule is C=C(C)C1CC[C@]2(C(=O)O)CC[C@]3(C)C(CCC4[C@@]5(C)CCC(OC(=O)CC(C)(C)C(=O)O)C(C)(C)C5CC[C@]43C)C12. The third kappa shape index (κ3) is 4.19. The van der Waals surface area contributed by atoms with Crippen molar-refractivity contribution in [3.8, 4) is 0 Å². The number of hydrogen-bond acceptors (Lipinski definition) is 4. The van der Waals surface area contributed by atoms with Crippen LogP contribution in [0.2, 0.25) is 0 Å². The quantitative estimate of drug-likeness (QED) is 0.241. The number of esters is 1. The van der Waals surface area contributed by atoms with Crippen LogP contribution in [0.1, 0.15) is 126 Å². The van der Waals surface area contributed by atoms with Gasteiger partial charge in [-0.25, -0.2) is 0 Å². The first kappa shape index (κ1) is 31.6. The second kappa shape index (κ2) is 9.83. The Hall–Kier alpha value is -1.85. The second-order valence-corrected chi connectivity index (χ2v) is 17.4. The number of carbonyl (C=O) groups is 3. The number of fused-ring (bicyclic) bond motifs is 7. The molecule has 42 heavy (non-hydrogen) atoms. The molecule has 0 aromatic carbocycles. The van der Waals surface area contributed by atoms with Crippen LogP contribution in [0.5, 0.6) is 0 Å². The van der Waals surface area contributed by atoms with Crippen molar-refractivity contribution in [1.29, 1.82) is 0 Å². The Balaban J connectivity index is 1.42. The van der Waals surface area contributed by atoms with Crippen molar-refractivity contribution in [1.82, 2.24) is 0 Å². The van der Waals surface area contributed by atoms with Gasteiger partial charge in [0.25, 0.3) is 0 Å². The maximum Gasteiger partial charge on any atom is 0.309 e. The van der Waals surface area contributed by atoms with Gasteiger partial charge in [0.15, 0.2) is 0 Å². The summed E-state index contributed by atoms with van der Waals surface area (Å²) in [6.07, 6.45) is 9.38. The number of allylic oxidation sites excluding steroid dienone is 1. The predicted molar refractivity (Wildman–Crippen MR) is 163 cm³/mol. The molecule has 5 rings (SSSR count). The minimum Gasteiger partial charge on any atom is -0.481 e. The molecule has 5 aliphatic carbocycles. The average Bonchev–Trinajstić information content (AvgIpc) is 3.27. The normalized spacial score (nSPS) is 45.9. The molecule has 0 aromatic rings. The molecule has 0 heterocycles. The summed E-state index contributed by atoms with van der Waals surface area (Å²) < 4.78 is 6.10. The summed E-state index contributed by atoms with van der Waals surface area (Å²) in [6, 6.07) is 0. The summed E-state index contributed by atoms with van der Waals surface area (Å²) in [5.74, 6) is -0.165. The van der Waals surface area contributed by atoms with E-state index in [0.29, 0.717) is 23.7 Å². The molecule has 5 fully saturated rings. The van der Waals surface area contributed by atoms with Crippen LogP contribution in [0.3, 0.4) is 0 Å². The fourth-order valence-electron chi connectivity index (χ4n) is 12.3. The number of carboxylic acid groups (broad SMARTS) is 2. The lowest BCUT2D eigenvalue weighted by molar-refractivity contribution is -0.250. The van der Waals surface area contributed by atoms with Gasteiger partial charge in [-0.15, -0.1) is 0 Å². The van der Waals surface area contributed by atoms with Crippen molar-refractivity contribution >= 4 is 17.9 Å². The smallest absolute Gasteiger partial charge is 0.309 e. The summed E-state index contributed by atoms with van der Waals surface area (Å²) in [4.78, 5) is 37.5. The molecule has 0 aromatic heterocycles. The second-order valence-electron chi connectivity index (χ2n) is 17.4. The minimum absolute atomic E-state index is 0.0847. The first-order valence-electron chi connectivity index (χ1n) is 16.6. The minimum atomic E-state index is -1.15. The lowest BCUT2D eigenvalue weighted by Crippen LogP contribution is -2.67. The third-order valence-electron chi connectivity index (χ3n) is 14.9. The monoisotopic (exact) mass is 584 g/mol. The maximum absolute atomic E-state index is 12.9. The Labute approximate surface area is 253 Å². The molecule has 6 nitrogen and oxygen atoms in total. The Morgan fingerprint density at radius 2 is 1.50 bits per heavy atom. The van der Waals surface area contributed by atoms with Crippen LogP contribution in [0, 0.1) is 62.1 Å². The van der Waals surface area contributed by atoms with E-state index < -0.39 is 28.7 Å². The van der Waals surface area contributed by atoms with Gasteiger partial charge >= 0.3 is 17.9 Å². The molecule has 0 radical (unpaired) electrons. The summed E-state index contributed by atoms with van der Waals surface area (Å²) in [6.45, 7) is 21.7. The van der Waals surface area contributed by atoms with Crippen LogP contribution in [0.25, 0.3) is 0 Å². The average molecular weight is 585 g/mol. The number of carboxylic acids is 2. The van der Waals surface area contributed by atoms with Crippen molar-refractivity contribution < 1.29 is 29.3 Å². The van der Waals surface area contributed by atoms with E-state index >= 15 is 0 Å². The van der Waals surface area contributed by atoms with Gasteiger partial charge in [-0.3, -0.25) is 14.4 Å². The van der Waals surface area contributed by atoms with Gasteiger partial charge in [-0.05, 0) is 131 Å². The van der Waals surface area contributed by atoms with Gasteiger partial charge < -0.3 is 14.9 Å². The maximum atomic E-state index is 12.9. The third-order valence-corrected chi connectivity index (χ3v) is 14.9. The number of hydrogen-bond donors (Lipinski definition) is 2. The lowest BCUT2D eigenvalue weighted by atomic mass is 9.32. The van der Waals surface area contributed by atoms with Gasteiger partial charge in [-0.1, -0.05) is 46.8 Å². The molecule has 6 heteroatoms. The fraction of sp³-hybridized carbons (Fsp3) is 0.861. The molecule has 0 bridgehead atoms. The van der Waals surface area contributed by atoms with E-state index in [4.69, 9.17) is 4.74 Å². The predicted octanol–water partition coefficient (Wildman–Crippen LogP) is 8.14. The van der Waals surface area contributed by atoms with E-state index in [0.717, 1.165) is 69.8 Å². The molecule has 0 spiro atoms. The molecule has 10 atom stereocenters. The Bertz CT molecular complexity index is 1170. The standard InChI is InChI=1S/C36H56O6/c1-21(2)22-12-17-36(30(40)41)19-18-34(8)23(28(22)36)10-11-25-33(7)15-14-26(42-27(37)20-31(3,4)29(38)39)32(5,6)24(33)13-16-35(25,34)9/h22-26,28H,1,10-20H2,2-9H3,(H,38,39)(H,40,41)/t22?,23?,24?,25?,26?,28?,33-,34+,35+,36-/m0/s1. The Morgan fingerprint density at radius 1 is 0.833 bits per heavy atom. The number of rotatable bonds is 6. The topological polar surface area (TPSA) is 101 Å². The van der Waals surface area contributed by atoms with Gasteiger partial charge in [0.2, 0.25) is 0 Å². The molecule has 236 valence electrons. The highest BCUT2D eigenvalue weighted by Crippen LogP contribution is 2.77. The number of ether oxygens (including phenoxy) is 1. The van der Waals surface area contributed by atoms with Gasteiger partial charge in [-0.2, -0.15) is 0 Å². The highest BCUT2D eigenvalue weighted by atomic mass is 16.5. The van der Waals surface area contributed by atoms with Crippen molar-refractivity contribution in [2.45, 2.75) is 132 Å². The molecule has 2 N–H and O–H groups in total. The molecule has 0 aliphatic heterocycles. The summed E-state index contributed by atoms with van der Waals surface area (Å²) in [5, 5.41) is 20.1. The van der Waals surface area contributed by atoms with Crippen LogP contribution in [-0.4, -0.2) is 34.2 Å². The van der Waals surface area contributed by atoms with Gasteiger partial charge in [0, 0.05) is 5.41 Å². The van der Waals surface area contributed by atoms with Crippen molar-refractivity contribution in [3.05, 3.63) is 12.2 Å². The van der Waals surface area contributed by atoms with E-state index in [1.54, 1.807) is 13.8 Å². The van der Waals surface area contributed by atoms with Crippen LogP contribution in [0.15, 0.2) is 12.2 Å². The largest absolute Gasteiger partial charge is 0.481 e. The zero-order valence-corrected chi connectivity index (χ0v) is 27.5. The van der Waals surface area contributed by atoms with E-state index in [9.17, 15) is 24.6 Å². The van der Waals surface area contributed by atoms with Gasteiger partial charge in [0.1, 0.15) is 6.10 Å². The van der Waals surface area contributed by atoms with Gasteiger partial charge in [0.05, 0.1) is 17.3 Å². The number of carbonyl (C=O) groups excluding carboxylic acids is 1. The lowest BCUT2D eigenvalue weighted by Gasteiger charge is -2.72. The number of aliphatic carboxylic acids is 2. The van der Waals surface area contributed by atoms with Crippen LogP contribution in [-0.2, 0) is 19.1 Å². The van der Waals surface area contributed by atoms with Crippen molar-refractivity contribution in [2.75, 3.05) is 0 Å². The summed E-state index contributed by atoms with van der Waals surface area (Å²) >= 11 is 0. The molecule has 5 aliphatic rings. The van der Waals surface area contributed by atoms with E-state index in [1.807, 2.05) is 0 Å². The van der Waals surface area contributed by atoms with Crippen LogP contribution < -0.4 is 0 Å². The molecule has 0 amide bonds. The Kier molecular flexibility index (Phi) is 7.39. The fourth-order valence-corrected chi connectivity index (χ4v) is 12.3. The van der Waals surface area contributed by atoms with Crippen molar-refractivity contribution in [3.63, 3.8) is 0 Å². The zero-order valence-electron chi connectivity index (χ0n) is 27.5. The van der Waals surface area contributed by atoms with E-state index in [-0.39, 0.29) is 40.1 Å². The zero-order chi connectivity index (χ0) is 31.3. The highest BCUT2D eigenvalue weighted by molar-refractivity contribution is 5.81. The summed E-state index contributed by atoms with van der Waals surface area (Å²) in [5.41, 5.74) is -0.477. The van der Waals surface area contributed by atoms with Crippen molar-refractivity contribution in [2.24, 2.45) is 62.1 Å². The molecule has 0 saturated heterocycles. The Morgan fingerprint density at radius 3 is 2.10 bits per heavy atom. The van der Waals surface area contributed by atoms with E-state index in [1.165, 1.54) is 0 Å². The molecular weight excluding hydrogens is 528 g/mol. The first-order valence-corrected chi connectivity index (χ1v) is 16.6. The molecule has 6 unspecified atom stereocenters. The molecular formula is C36H56O6. The van der Waals surface area contributed by atoms with Crippen LogP contribution in [0.4, 0.5) is 0 Å². The molecule has 5 saturated carbocycles. The highest BCUT2D eigenvalue weighted by Gasteiger charge is 2.72. The van der Waals surface area contributed by atoms with E-state index in [2.05, 4.69) is 48.1 Å².